The van der Waals surface area contributed by atoms with Gasteiger partial charge < -0.3 is 4.90 Å². The topological polar surface area (TPSA) is 47.3 Å². The Morgan fingerprint density at radius 3 is 2.56 bits per heavy atom. The van der Waals surface area contributed by atoms with E-state index >= 15 is 0 Å². The van der Waals surface area contributed by atoms with Gasteiger partial charge >= 0.3 is 0 Å². The van der Waals surface area contributed by atoms with Crippen LogP contribution < -0.4 is 0 Å². The lowest BCUT2D eigenvalue weighted by Gasteiger charge is -2.28. The number of hydrogen-bond acceptors (Lipinski definition) is 3. The van der Waals surface area contributed by atoms with Crippen LogP contribution in [0.3, 0.4) is 0 Å². The molecular formula is C12H17N3O. The number of hydrogen-bond donors (Lipinski definition) is 0. The number of piperidine rings is 1. The number of carbonyl (C=O) groups is 1. The zero-order chi connectivity index (χ0) is 11.8. The van der Waals surface area contributed by atoms with Gasteiger partial charge in [-0.15, -0.1) is 6.42 Å². The molecular weight excluding hydrogens is 202 g/mol. The lowest BCUT2D eigenvalue weighted by Crippen LogP contribution is -2.43. The second-order valence-corrected chi connectivity index (χ2v) is 3.95. The van der Waals surface area contributed by atoms with Gasteiger partial charge in [0, 0.05) is 13.1 Å². The molecule has 1 saturated heterocycles. The Labute approximate surface area is 96.8 Å². The largest absolute Gasteiger partial charge is 0.342 e. The van der Waals surface area contributed by atoms with Crippen molar-refractivity contribution in [1.29, 1.82) is 5.26 Å². The highest BCUT2D eigenvalue weighted by Gasteiger charge is 2.18. The molecule has 4 nitrogen and oxygen atoms in total. The van der Waals surface area contributed by atoms with Crippen molar-refractivity contribution in [3.05, 3.63) is 0 Å². The summed E-state index contributed by atoms with van der Waals surface area (Å²) in [5.41, 5.74) is 0. The Morgan fingerprint density at radius 1 is 1.31 bits per heavy atom. The molecule has 1 amide bonds. The van der Waals surface area contributed by atoms with Crippen molar-refractivity contribution in [2.24, 2.45) is 0 Å². The van der Waals surface area contributed by atoms with Gasteiger partial charge in [-0.05, 0) is 19.3 Å². The molecule has 0 spiro atoms. The minimum atomic E-state index is 0.0881. The molecule has 0 aromatic carbocycles. The molecule has 16 heavy (non-hydrogen) atoms. The summed E-state index contributed by atoms with van der Waals surface area (Å²) in [4.78, 5) is 15.4. The number of terminal acetylenes is 1. The smallest absolute Gasteiger partial charge is 0.236 e. The number of nitriles is 1. The molecule has 1 aliphatic rings. The van der Waals surface area contributed by atoms with Crippen molar-refractivity contribution < 1.29 is 4.79 Å². The summed E-state index contributed by atoms with van der Waals surface area (Å²) in [6, 6.07) is 2.02. The average Bonchev–Trinajstić information content (AvgIpc) is 2.31. The first-order valence-electron chi connectivity index (χ1n) is 5.58. The molecule has 0 unspecified atom stereocenters. The standard InChI is InChI=1S/C12H17N3O/c1-2-7-14(10-6-13)11-12(16)15-8-4-3-5-9-15/h1H,3-5,7-11H2. The van der Waals surface area contributed by atoms with Crippen LogP contribution in [0.4, 0.5) is 0 Å². The number of likely N-dealkylation sites (tertiary alicyclic amines) is 1. The second-order valence-electron chi connectivity index (χ2n) is 3.95. The van der Waals surface area contributed by atoms with E-state index < -0.39 is 0 Å². The maximum Gasteiger partial charge on any atom is 0.236 e. The van der Waals surface area contributed by atoms with E-state index in [1.807, 2.05) is 11.0 Å². The fourth-order valence-corrected chi connectivity index (χ4v) is 1.83. The number of amides is 1. The molecule has 1 fully saturated rings. The molecule has 0 bridgehead atoms. The Bertz CT molecular complexity index is 291. The molecule has 86 valence electrons. The van der Waals surface area contributed by atoms with Crippen LogP contribution in [0, 0.1) is 23.7 Å². The third kappa shape index (κ3) is 3.92. The van der Waals surface area contributed by atoms with E-state index in [-0.39, 0.29) is 19.0 Å². The van der Waals surface area contributed by atoms with Crippen LogP contribution >= 0.6 is 0 Å². The first-order chi connectivity index (χ1) is 7.77. The van der Waals surface area contributed by atoms with Crippen LogP contribution in [0.2, 0.25) is 0 Å². The van der Waals surface area contributed by atoms with E-state index in [1.165, 1.54) is 6.42 Å². The fourth-order valence-electron chi connectivity index (χ4n) is 1.83. The molecule has 0 N–H and O–H groups in total. The van der Waals surface area contributed by atoms with Crippen LogP contribution in [0.15, 0.2) is 0 Å². The van der Waals surface area contributed by atoms with Crippen LogP contribution in [0.1, 0.15) is 19.3 Å². The van der Waals surface area contributed by atoms with Gasteiger partial charge in [0.15, 0.2) is 0 Å². The van der Waals surface area contributed by atoms with Crippen LogP contribution in [0.5, 0.6) is 0 Å². The number of carbonyl (C=O) groups excluding carboxylic acids is 1. The fraction of sp³-hybridized carbons (Fsp3) is 0.667. The van der Waals surface area contributed by atoms with Crippen molar-refractivity contribution >= 4 is 5.91 Å². The Balaban J connectivity index is 2.41. The average molecular weight is 219 g/mol. The lowest BCUT2D eigenvalue weighted by atomic mass is 10.1. The molecule has 1 rings (SSSR count). The Morgan fingerprint density at radius 2 is 2.00 bits per heavy atom. The second kappa shape index (κ2) is 6.87. The summed E-state index contributed by atoms with van der Waals surface area (Å²) >= 11 is 0. The van der Waals surface area contributed by atoms with E-state index in [1.54, 1.807) is 4.90 Å². The lowest BCUT2D eigenvalue weighted by molar-refractivity contribution is -0.133. The first kappa shape index (κ1) is 12.5. The molecule has 0 aliphatic carbocycles. The predicted molar refractivity (Wildman–Crippen MR) is 61.3 cm³/mol. The van der Waals surface area contributed by atoms with Crippen LogP contribution in [-0.4, -0.2) is 48.4 Å². The van der Waals surface area contributed by atoms with Gasteiger partial charge in [0.2, 0.25) is 5.91 Å². The zero-order valence-corrected chi connectivity index (χ0v) is 9.48. The first-order valence-corrected chi connectivity index (χ1v) is 5.58. The third-order valence-corrected chi connectivity index (χ3v) is 2.68. The van der Waals surface area contributed by atoms with Gasteiger partial charge in [0.25, 0.3) is 0 Å². The van der Waals surface area contributed by atoms with Gasteiger partial charge in [-0.3, -0.25) is 9.69 Å². The van der Waals surface area contributed by atoms with E-state index in [4.69, 9.17) is 11.7 Å². The Hall–Kier alpha value is -1.52. The van der Waals surface area contributed by atoms with E-state index in [9.17, 15) is 4.79 Å². The van der Waals surface area contributed by atoms with Crippen molar-refractivity contribution in [2.75, 3.05) is 32.7 Å². The highest BCUT2D eigenvalue weighted by Crippen LogP contribution is 2.08. The summed E-state index contributed by atoms with van der Waals surface area (Å²) in [5, 5.41) is 8.60. The van der Waals surface area contributed by atoms with Crippen LogP contribution in [-0.2, 0) is 4.79 Å². The maximum absolute atomic E-state index is 11.9. The molecule has 0 aromatic rings. The number of rotatable bonds is 4. The third-order valence-electron chi connectivity index (χ3n) is 2.68. The van der Waals surface area contributed by atoms with Gasteiger partial charge in [-0.25, -0.2) is 0 Å². The summed E-state index contributed by atoms with van der Waals surface area (Å²) in [6.45, 7) is 2.51. The van der Waals surface area contributed by atoms with Gasteiger partial charge in [0.05, 0.1) is 25.7 Å². The zero-order valence-electron chi connectivity index (χ0n) is 9.48. The predicted octanol–water partition coefficient (Wildman–Crippen LogP) is 0.458. The summed E-state index contributed by atoms with van der Waals surface area (Å²) in [5.74, 6) is 2.55. The SMILES string of the molecule is C#CCN(CC#N)CC(=O)N1CCCCC1. The van der Waals surface area contributed by atoms with Crippen molar-refractivity contribution in [3.8, 4) is 18.4 Å². The summed E-state index contributed by atoms with van der Waals surface area (Å²) in [6.07, 6.45) is 8.56. The quantitative estimate of drug-likeness (QED) is 0.509. The molecule has 4 heteroatoms. The van der Waals surface area contributed by atoms with Crippen molar-refractivity contribution in [2.45, 2.75) is 19.3 Å². The van der Waals surface area contributed by atoms with Crippen molar-refractivity contribution in [1.82, 2.24) is 9.80 Å². The van der Waals surface area contributed by atoms with Crippen LogP contribution in [0.25, 0.3) is 0 Å². The number of nitrogens with zero attached hydrogens (tertiary/aromatic N) is 3. The molecule has 0 saturated carbocycles. The van der Waals surface area contributed by atoms with E-state index in [0.717, 1.165) is 25.9 Å². The maximum atomic E-state index is 11.9. The highest BCUT2D eigenvalue weighted by molar-refractivity contribution is 5.78. The molecule has 1 heterocycles. The van der Waals surface area contributed by atoms with E-state index in [2.05, 4.69) is 5.92 Å². The summed E-state index contributed by atoms with van der Waals surface area (Å²) < 4.78 is 0. The highest BCUT2D eigenvalue weighted by atomic mass is 16.2. The van der Waals surface area contributed by atoms with Crippen molar-refractivity contribution in [3.63, 3.8) is 0 Å². The van der Waals surface area contributed by atoms with E-state index in [0.29, 0.717) is 6.54 Å². The van der Waals surface area contributed by atoms with Gasteiger partial charge in [0.1, 0.15) is 0 Å². The van der Waals surface area contributed by atoms with Gasteiger partial charge in [-0.1, -0.05) is 5.92 Å². The molecule has 0 radical (unpaired) electrons. The molecule has 0 atom stereocenters. The normalized spacial score (nSPS) is 15.6. The summed E-state index contributed by atoms with van der Waals surface area (Å²) in [7, 11) is 0. The Kier molecular flexibility index (Phi) is 5.39. The van der Waals surface area contributed by atoms with Gasteiger partial charge in [-0.2, -0.15) is 5.26 Å². The monoisotopic (exact) mass is 219 g/mol. The minimum Gasteiger partial charge on any atom is -0.342 e. The molecule has 0 aromatic heterocycles. The minimum absolute atomic E-state index is 0.0881. The molecule has 1 aliphatic heterocycles.